The van der Waals surface area contributed by atoms with E-state index >= 15 is 0 Å². The third kappa shape index (κ3) is 5.46. The van der Waals surface area contributed by atoms with Crippen molar-refractivity contribution >= 4 is 10.0 Å². The standard InChI is InChI=1S/C22H30N2O5S/c1-16-8-10-18(11-9-16)30(27,28)23-14-19-21(22(26)20(15-25)29-19)24(2)13-12-17-6-4-3-5-7-17/h3-11,19-23,25-26H,12-15H2,1-2H3/t19-,20+,21+,22-/m1/s1. The summed E-state index contributed by atoms with van der Waals surface area (Å²) in [4.78, 5) is 2.15. The van der Waals surface area contributed by atoms with Gasteiger partial charge in [-0.2, -0.15) is 0 Å². The molecule has 8 heteroatoms. The molecule has 3 rings (SSSR count). The molecule has 2 aromatic carbocycles. The Hall–Kier alpha value is -1.81. The van der Waals surface area contributed by atoms with E-state index in [9.17, 15) is 18.6 Å². The molecule has 4 atom stereocenters. The fraction of sp³-hybridized carbons (Fsp3) is 0.455. The van der Waals surface area contributed by atoms with Gasteiger partial charge in [-0.15, -0.1) is 0 Å². The molecule has 164 valence electrons. The zero-order chi connectivity index (χ0) is 21.7. The van der Waals surface area contributed by atoms with Gasteiger partial charge in [0, 0.05) is 13.1 Å². The normalized spacial score (nSPS) is 24.4. The number of rotatable bonds is 9. The van der Waals surface area contributed by atoms with Crippen LogP contribution >= 0.6 is 0 Å². The molecule has 1 saturated heterocycles. The highest BCUT2D eigenvalue weighted by Crippen LogP contribution is 2.25. The topological polar surface area (TPSA) is 99.1 Å². The predicted octanol–water partition coefficient (Wildman–Crippen LogP) is 0.937. The molecule has 1 aliphatic rings. The lowest BCUT2D eigenvalue weighted by Crippen LogP contribution is -2.50. The van der Waals surface area contributed by atoms with Gasteiger partial charge in [0.25, 0.3) is 0 Å². The maximum Gasteiger partial charge on any atom is 0.240 e. The number of aliphatic hydroxyl groups is 2. The van der Waals surface area contributed by atoms with Gasteiger partial charge in [-0.1, -0.05) is 48.0 Å². The summed E-state index contributed by atoms with van der Waals surface area (Å²) in [5.41, 5.74) is 2.15. The summed E-state index contributed by atoms with van der Waals surface area (Å²) in [6.07, 6.45) is -1.46. The average Bonchev–Trinajstić information content (AvgIpc) is 3.07. The second-order valence-electron chi connectivity index (χ2n) is 7.76. The van der Waals surface area contributed by atoms with Crippen LogP contribution in [0.3, 0.4) is 0 Å². The second kappa shape index (κ2) is 10.00. The fourth-order valence-corrected chi connectivity index (χ4v) is 4.83. The molecule has 2 aromatic rings. The van der Waals surface area contributed by atoms with Crippen molar-refractivity contribution in [2.45, 2.75) is 42.6 Å². The Labute approximate surface area is 178 Å². The van der Waals surface area contributed by atoms with Crippen LogP contribution in [-0.2, 0) is 21.2 Å². The van der Waals surface area contributed by atoms with Crippen LogP contribution in [0.2, 0.25) is 0 Å². The van der Waals surface area contributed by atoms with Crippen LogP contribution in [0, 0.1) is 6.92 Å². The summed E-state index contributed by atoms with van der Waals surface area (Å²) in [7, 11) is -1.83. The van der Waals surface area contributed by atoms with E-state index in [1.54, 1.807) is 24.3 Å². The van der Waals surface area contributed by atoms with E-state index < -0.39 is 34.4 Å². The Bertz CT molecular complexity index is 905. The van der Waals surface area contributed by atoms with Gasteiger partial charge in [-0.05, 0) is 38.1 Å². The number of nitrogens with one attached hydrogen (secondary N) is 1. The quantitative estimate of drug-likeness (QED) is 0.543. The fourth-order valence-electron chi connectivity index (χ4n) is 3.78. The summed E-state index contributed by atoms with van der Waals surface area (Å²) in [6, 6.07) is 16.2. The molecule has 1 heterocycles. The summed E-state index contributed by atoms with van der Waals surface area (Å²) in [5.74, 6) is 0. The van der Waals surface area contributed by atoms with Crippen molar-refractivity contribution in [3.63, 3.8) is 0 Å². The summed E-state index contributed by atoms with van der Waals surface area (Å²) in [6.45, 7) is 2.23. The zero-order valence-electron chi connectivity index (χ0n) is 17.3. The first kappa shape index (κ1) is 22.9. The largest absolute Gasteiger partial charge is 0.394 e. The molecule has 3 N–H and O–H groups in total. The van der Waals surface area contributed by atoms with E-state index in [0.717, 1.165) is 12.0 Å². The number of aryl methyl sites for hydroxylation is 1. The van der Waals surface area contributed by atoms with E-state index in [2.05, 4.69) is 4.72 Å². The van der Waals surface area contributed by atoms with E-state index in [-0.39, 0.29) is 18.0 Å². The van der Waals surface area contributed by atoms with Gasteiger partial charge in [-0.3, -0.25) is 4.90 Å². The highest BCUT2D eigenvalue weighted by atomic mass is 32.2. The molecule has 0 bridgehead atoms. The van der Waals surface area contributed by atoms with E-state index in [4.69, 9.17) is 4.74 Å². The molecule has 7 nitrogen and oxygen atoms in total. The Kier molecular flexibility index (Phi) is 7.62. The maximum absolute atomic E-state index is 12.6. The van der Waals surface area contributed by atoms with Crippen LogP contribution in [-0.4, -0.2) is 74.6 Å². The third-order valence-corrected chi connectivity index (χ3v) is 6.99. The van der Waals surface area contributed by atoms with Gasteiger partial charge in [0.1, 0.15) is 12.2 Å². The van der Waals surface area contributed by atoms with Gasteiger partial charge in [0.05, 0.1) is 23.6 Å². The van der Waals surface area contributed by atoms with Crippen molar-refractivity contribution in [2.75, 3.05) is 26.7 Å². The molecule has 0 unspecified atom stereocenters. The van der Waals surface area contributed by atoms with Gasteiger partial charge in [-0.25, -0.2) is 13.1 Å². The van der Waals surface area contributed by atoms with Crippen molar-refractivity contribution in [1.29, 1.82) is 0 Å². The number of ether oxygens (including phenoxy) is 1. The first-order valence-electron chi connectivity index (χ1n) is 10.1. The van der Waals surface area contributed by atoms with Crippen molar-refractivity contribution in [1.82, 2.24) is 9.62 Å². The second-order valence-corrected chi connectivity index (χ2v) is 9.52. The van der Waals surface area contributed by atoms with Gasteiger partial charge in [0.15, 0.2) is 0 Å². The Morgan fingerprint density at radius 3 is 2.37 bits per heavy atom. The van der Waals surface area contributed by atoms with E-state index in [0.29, 0.717) is 6.54 Å². The Morgan fingerprint density at radius 2 is 1.73 bits per heavy atom. The predicted molar refractivity (Wildman–Crippen MR) is 115 cm³/mol. The molecule has 0 spiro atoms. The SMILES string of the molecule is Cc1ccc(S(=O)(=O)NC[C@H]2O[C@@H](CO)[C@@H](O)[C@H]2N(C)CCc2ccccc2)cc1. The number of hydrogen-bond acceptors (Lipinski definition) is 6. The first-order valence-corrected chi connectivity index (χ1v) is 11.5. The highest BCUT2D eigenvalue weighted by molar-refractivity contribution is 7.89. The van der Waals surface area contributed by atoms with Crippen LogP contribution in [0.5, 0.6) is 0 Å². The third-order valence-electron chi connectivity index (χ3n) is 5.55. The summed E-state index contributed by atoms with van der Waals surface area (Å²) < 4.78 is 33.6. The minimum Gasteiger partial charge on any atom is -0.394 e. The van der Waals surface area contributed by atoms with Crippen molar-refractivity contribution in [3.8, 4) is 0 Å². The van der Waals surface area contributed by atoms with Gasteiger partial charge in [0.2, 0.25) is 10.0 Å². The number of hydrogen-bond donors (Lipinski definition) is 3. The van der Waals surface area contributed by atoms with Crippen LogP contribution in [0.1, 0.15) is 11.1 Å². The van der Waals surface area contributed by atoms with Crippen LogP contribution in [0.4, 0.5) is 0 Å². The average molecular weight is 435 g/mol. The van der Waals surface area contributed by atoms with Crippen molar-refractivity contribution in [3.05, 3.63) is 65.7 Å². The summed E-state index contributed by atoms with van der Waals surface area (Å²) in [5, 5.41) is 20.2. The lowest BCUT2D eigenvalue weighted by molar-refractivity contribution is -0.0201. The van der Waals surface area contributed by atoms with Crippen LogP contribution in [0.15, 0.2) is 59.5 Å². The molecule has 0 radical (unpaired) electrons. The molecule has 0 amide bonds. The minimum atomic E-state index is -3.70. The molecular weight excluding hydrogens is 404 g/mol. The highest BCUT2D eigenvalue weighted by Gasteiger charge is 2.45. The molecule has 0 aromatic heterocycles. The lowest BCUT2D eigenvalue weighted by Gasteiger charge is -2.30. The molecule has 30 heavy (non-hydrogen) atoms. The molecular formula is C22H30N2O5S. The number of benzene rings is 2. The van der Waals surface area contributed by atoms with E-state index in [1.165, 1.54) is 5.56 Å². The monoisotopic (exact) mass is 434 g/mol. The first-order chi connectivity index (χ1) is 14.3. The molecule has 1 aliphatic heterocycles. The molecule has 0 saturated carbocycles. The Morgan fingerprint density at radius 1 is 1.07 bits per heavy atom. The minimum absolute atomic E-state index is 0.00408. The van der Waals surface area contributed by atoms with Crippen molar-refractivity contribution < 1.29 is 23.4 Å². The number of sulfonamides is 1. The molecule has 0 aliphatic carbocycles. The Balaban J connectivity index is 1.67. The number of likely N-dealkylation sites (N-methyl/N-ethyl adjacent to an activating group) is 1. The van der Waals surface area contributed by atoms with Crippen LogP contribution in [0.25, 0.3) is 0 Å². The van der Waals surface area contributed by atoms with Gasteiger partial charge < -0.3 is 14.9 Å². The lowest BCUT2D eigenvalue weighted by atomic mass is 10.0. The zero-order valence-corrected chi connectivity index (χ0v) is 18.1. The van der Waals surface area contributed by atoms with Gasteiger partial charge >= 0.3 is 0 Å². The maximum atomic E-state index is 12.6. The smallest absolute Gasteiger partial charge is 0.240 e. The number of aliphatic hydroxyl groups excluding tert-OH is 2. The summed E-state index contributed by atoms with van der Waals surface area (Å²) >= 11 is 0. The molecule has 1 fully saturated rings. The van der Waals surface area contributed by atoms with E-state index in [1.807, 2.05) is 49.2 Å². The number of nitrogens with zero attached hydrogens (tertiary/aromatic N) is 1. The van der Waals surface area contributed by atoms with Crippen LogP contribution < -0.4 is 4.72 Å². The van der Waals surface area contributed by atoms with Crippen molar-refractivity contribution in [2.24, 2.45) is 0 Å².